The van der Waals surface area contributed by atoms with E-state index in [4.69, 9.17) is 9.84 Å². The van der Waals surface area contributed by atoms with Crippen LogP contribution in [-0.2, 0) is 24.2 Å². The minimum Gasteiger partial charge on any atom is -0.462 e. The molecule has 0 fully saturated rings. The van der Waals surface area contributed by atoms with Gasteiger partial charge in [0, 0.05) is 19.7 Å². The molecule has 1 N–H and O–H groups in total. The molecule has 0 aliphatic carbocycles. The fourth-order valence-corrected chi connectivity index (χ4v) is 4.66. The number of ether oxygens (including phenoxy) is 1. The summed E-state index contributed by atoms with van der Waals surface area (Å²) in [4.78, 5) is 39.5. The molecular weight excluding hydrogens is 404 g/mol. The van der Waals surface area contributed by atoms with Crippen LogP contribution < -0.4 is 11.2 Å². The van der Waals surface area contributed by atoms with Crippen LogP contribution in [0.1, 0.15) is 40.6 Å². The van der Waals surface area contributed by atoms with E-state index >= 15 is 0 Å². The number of rotatable bonds is 9. The van der Waals surface area contributed by atoms with Crippen molar-refractivity contribution in [3.63, 3.8) is 0 Å². The van der Waals surface area contributed by atoms with Crippen molar-refractivity contribution in [2.45, 2.75) is 46.2 Å². The maximum atomic E-state index is 13.2. The molecule has 0 radical (unpaired) electrons. The number of aromatic nitrogens is 2. The average molecular weight is 431 g/mol. The van der Waals surface area contributed by atoms with Crippen LogP contribution >= 0.6 is 11.3 Å². The summed E-state index contributed by atoms with van der Waals surface area (Å²) in [5.41, 5.74) is 0.837. The standard InChI is InChI=1S/C22H26N2O5S/c1-3-29-21(27)18-15(2)17-19(26)23(12-7-8-14-25)22(28)24(20(17)30-18)13-11-16-9-5-4-6-10-16/h4-6,9-10,25H,3,7-8,11-14H2,1-2H3. The molecule has 0 saturated carbocycles. The molecule has 0 saturated heterocycles. The Hall–Kier alpha value is -2.71. The van der Waals surface area contributed by atoms with Crippen LogP contribution in [0.4, 0.5) is 0 Å². The Kier molecular flexibility index (Phi) is 7.23. The molecule has 2 heterocycles. The first-order valence-electron chi connectivity index (χ1n) is 10.1. The molecule has 8 heteroatoms. The number of benzene rings is 1. The van der Waals surface area contributed by atoms with Gasteiger partial charge in [-0.25, -0.2) is 9.59 Å². The molecule has 0 unspecified atom stereocenters. The zero-order valence-corrected chi connectivity index (χ0v) is 18.0. The van der Waals surface area contributed by atoms with Crippen LogP contribution in [0.15, 0.2) is 39.9 Å². The zero-order chi connectivity index (χ0) is 21.7. The van der Waals surface area contributed by atoms with E-state index in [0.717, 1.165) is 16.9 Å². The van der Waals surface area contributed by atoms with Gasteiger partial charge in [-0.15, -0.1) is 11.3 Å². The van der Waals surface area contributed by atoms with E-state index in [-0.39, 0.29) is 19.8 Å². The quantitative estimate of drug-likeness (QED) is 0.416. The van der Waals surface area contributed by atoms with E-state index in [1.54, 1.807) is 18.4 Å². The first-order valence-corrected chi connectivity index (χ1v) is 10.9. The smallest absolute Gasteiger partial charge is 0.348 e. The zero-order valence-electron chi connectivity index (χ0n) is 17.2. The van der Waals surface area contributed by atoms with Crippen molar-refractivity contribution in [1.82, 2.24) is 9.13 Å². The third kappa shape index (κ3) is 4.39. The molecular formula is C22H26N2O5S. The summed E-state index contributed by atoms with van der Waals surface area (Å²) in [5.74, 6) is -0.482. The molecule has 0 aliphatic rings. The highest BCUT2D eigenvalue weighted by Gasteiger charge is 2.23. The molecule has 2 aromatic heterocycles. The van der Waals surface area contributed by atoms with Gasteiger partial charge in [0.15, 0.2) is 0 Å². The van der Waals surface area contributed by atoms with Crippen molar-refractivity contribution in [2.75, 3.05) is 13.2 Å². The molecule has 3 rings (SSSR count). The van der Waals surface area contributed by atoms with Gasteiger partial charge in [0.25, 0.3) is 5.56 Å². The second-order valence-electron chi connectivity index (χ2n) is 7.01. The van der Waals surface area contributed by atoms with Crippen LogP contribution in [0.2, 0.25) is 0 Å². The largest absolute Gasteiger partial charge is 0.462 e. The van der Waals surface area contributed by atoms with Crippen molar-refractivity contribution >= 4 is 27.5 Å². The Balaban J connectivity index is 2.15. The second kappa shape index (κ2) is 9.86. The Bertz CT molecular complexity index is 1140. The molecule has 0 amide bonds. The fraction of sp³-hybridized carbons (Fsp3) is 0.409. The Morgan fingerprint density at radius 2 is 1.83 bits per heavy atom. The Morgan fingerprint density at radius 3 is 2.50 bits per heavy atom. The molecule has 0 bridgehead atoms. The lowest BCUT2D eigenvalue weighted by Crippen LogP contribution is -2.40. The minimum atomic E-state index is -0.482. The lowest BCUT2D eigenvalue weighted by molar-refractivity contribution is 0.0531. The Labute approximate surface area is 178 Å². The SMILES string of the molecule is CCOC(=O)c1sc2c(c1C)c(=O)n(CCCCO)c(=O)n2CCc1ccccc1. The maximum absolute atomic E-state index is 13.2. The first-order chi connectivity index (χ1) is 14.5. The summed E-state index contributed by atoms with van der Waals surface area (Å²) in [6.07, 6.45) is 1.64. The van der Waals surface area contributed by atoms with Gasteiger partial charge >= 0.3 is 11.7 Å². The van der Waals surface area contributed by atoms with Crippen molar-refractivity contribution in [1.29, 1.82) is 0 Å². The molecule has 7 nitrogen and oxygen atoms in total. The number of esters is 1. The summed E-state index contributed by atoms with van der Waals surface area (Å²) in [5, 5.41) is 9.45. The third-order valence-electron chi connectivity index (χ3n) is 5.01. The van der Waals surface area contributed by atoms with Crippen molar-refractivity contribution < 1.29 is 14.6 Å². The normalized spacial score (nSPS) is 11.2. The van der Waals surface area contributed by atoms with Gasteiger partial charge in [0.1, 0.15) is 9.71 Å². The number of carbonyl (C=O) groups is 1. The van der Waals surface area contributed by atoms with Crippen LogP contribution in [0.5, 0.6) is 0 Å². The van der Waals surface area contributed by atoms with Crippen LogP contribution in [-0.4, -0.2) is 33.4 Å². The molecule has 3 aromatic rings. The molecule has 160 valence electrons. The summed E-state index contributed by atoms with van der Waals surface area (Å²) in [6.45, 7) is 4.30. The molecule has 0 atom stereocenters. The van der Waals surface area contributed by atoms with E-state index in [9.17, 15) is 14.4 Å². The topological polar surface area (TPSA) is 90.5 Å². The van der Waals surface area contributed by atoms with Gasteiger partial charge in [0.05, 0.1) is 12.0 Å². The fourth-order valence-electron chi connectivity index (χ4n) is 3.45. The third-order valence-corrected chi connectivity index (χ3v) is 6.31. The number of hydrogen-bond acceptors (Lipinski definition) is 6. The highest BCUT2D eigenvalue weighted by Crippen LogP contribution is 2.28. The number of carbonyl (C=O) groups excluding carboxylic acids is 1. The number of aliphatic hydroxyl groups excluding tert-OH is 1. The highest BCUT2D eigenvalue weighted by atomic mass is 32.1. The summed E-state index contributed by atoms with van der Waals surface area (Å²) < 4.78 is 7.94. The lowest BCUT2D eigenvalue weighted by atomic mass is 10.1. The van der Waals surface area contributed by atoms with Gasteiger partial charge in [0.2, 0.25) is 0 Å². The number of aryl methyl sites for hydroxylation is 3. The van der Waals surface area contributed by atoms with Crippen LogP contribution in [0, 0.1) is 6.92 Å². The molecule has 0 aliphatic heterocycles. The predicted octanol–water partition coefficient (Wildman–Crippen LogP) is 2.73. The first kappa shape index (κ1) is 22.0. The predicted molar refractivity (Wildman–Crippen MR) is 118 cm³/mol. The van der Waals surface area contributed by atoms with E-state index in [0.29, 0.717) is 46.5 Å². The maximum Gasteiger partial charge on any atom is 0.348 e. The highest BCUT2D eigenvalue weighted by molar-refractivity contribution is 7.20. The van der Waals surface area contributed by atoms with E-state index in [1.807, 2.05) is 30.3 Å². The van der Waals surface area contributed by atoms with Gasteiger partial charge < -0.3 is 9.84 Å². The van der Waals surface area contributed by atoms with Crippen LogP contribution in [0.3, 0.4) is 0 Å². The van der Waals surface area contributed by atoms with E-state index in [2.05, 4.69) is 0 Å². The van der Waals surface area contributed by atoms with Crippen molar-refractivity contribution in [2.24, 2.45) is 0 Å². The van der Waals surface area contributed by atoms with Crippen molar-refractivity contribution in [3.05, 3.63) is 67.2 Å². The summed E-state index contributed by atoms with van der Waals surface area (Å²) in [6, 6.07) is 9.80. The van der Waals surface area contributed by atoms with Crippen molar-refractivity contribution in [3.8, 4) is 0 Å². The number of fused-ring (bicyclic) bond motifs is 1. The van der Waals surface area contributed by atoms with Gasteiger partial charge in [-0.2, -0.15) is 0 Å². The molecule has 30 heavy (non-hydrogen) atoms. The average Bonchev–Trinajstić information content (AvgIpc) is 3.08. The van der Waals surface area contributed by atoms with E-state index < -0.39 is 17.2 Å². The van der Waals surface area contributed by atoms with E-state index in [1.165, 1.54) is 4.57 Å². The number of nitrogens with zero attached hydrogens (tertiary/aromatic N) is 2. The second-order valence-corrected chi connectivity index (χ2v) is 8.01. The molecule has 0 spiro atoms. The number of hydrogen-bond donors (Lipinski definition) is 1. The number of thiophene rings is 1. The number of aliphatic hydroxyl groups is 1. The van der Waals surface area contributed by atoms with Crippen LogP contribution in [0.25, 0.3) is 10.2 Å². The summed E-state index contributed by atoms with van der Waals surface area (Å²) >= 11 is 1.13. The van der Waals surface area contributed by atoms with Gasteiger partial charge in [-0.05, 0) is 44.2 Å². The van der Waals surface area contributed by atoms with Gasteiger partial charge in [-0.3, -0.25) is 13.9 Å². The Morgan fingerprint density at radius 1 is 1.10 bits per heavy atom. The monoisotopic (exact) mass is 430 g/mol. The molecule has 1 aromatic carbocycles. The summed E-state index contributed by atoms with van der Waals surface area (Å²) in [7, 11) is 0. The minimum absolute atomic E-state index is 0.00365. The number of unbranched alkanes of at least 4 members (excludes halogenated alkanes) is 1. The lowest BCUT2D eigenvalue weighted by Gasteiger charge is -2.12. The van der Waals surface area contributed by atoms with Gasteiger partial charge in [-0.1, -0.05) is 30.3 Å².